The zero-order valence-electron chi connectivity index (χ0n) is 16.9. The molecule has 6 heteroatoms. The largest absolute Gasteiger partial charge is 0.340 e. The molecule has 0 saturated heterocycles. The van der Waals surface area contributed by atoms with Gasteiger partial charge in [0.1, 0.15) is 11.7 Å². The molecule has 6 nitrogen and oxygen atoms in total. The number of carbonyl (C=O) groups is 1. The molecule has 1 aliphatic heterocycles. The summed E-state index contributed by atoms with van der Waals surface area (Å²) in [6.45, 7) is 2.08. The van der Waals surface area contributed by atoms with Crippen molar-refractivity contribution in [2.45, 2.75) is 51.1 Å². The second-order valence-electron chi connectivity index (χ2n) is 7.95. The molecule has 1 saturated carbocycles. The molecule has 1 atom stereocenters. The van der Waals surface area contributed by atoms with E-state index in [9.17, 15) is 4.79 Å². The molecule has 1 fully saturated rings. The Balaban J connectivity index is 1.69. The monoisotopic (exact) mass is 387 g/mol. The van der Waals surface area contributed by atoms with Gasteiger partial charge in [-0.15, -0.1) is 0 Å². The summed E-state index contributed by atoms with van der Waals surface area (Å²) < 4.78 is 0. The van der Waals surface area contributed by atoms with Crippen molar-refractivity contribution in [3.63, 3.8) is 0 Å². The van der Waals surface area contributed by atoms with Gasteiger partial charge >= 0.3 is 0 Å². The molecule has 0 radical (unpaired) electrons. The van der Waals surface area contributed by atoms with Crippen molar-refractivity contribution in [1.29, 1.82) is 0 Å². The second-order valence-corrected chi connectivity index (χ2v) is 7.95. The van der Waals surface area contributed by atoms with Gasteiger partial charge in [-0.2, -0.15) is 0 Å². The van der Waals surface area contributed by atoms with Crippen molar-refractivity contribution in [2.24, 2.45) is 0 Å². The lowest BCUT2D eigenvalue weighted by Crippen LogP contribution is -2.55. The number of benzene rings is 1. The predicted molar refractivity (Wildman–Crippen MR) is 115 cm³/mol. The van der Waals surface area contributed by atoms with E-state index in [-0.39, 0.29) is 11.9 Å². The van der Waals surface area contributed by atoms with E-state index in [1.807, 2.05) is 25.2 Å². The van der Waals surface area contributed by atoms with Crippen LogP contribution < -0.4 is 9.80 Å². The van der Waals surface area contributed by atoms with Crippen molar-refractivity contribution < 1.29 is 4.79 Å². The summed E-state index contributed by atoms with van der Waals surface area (Å²) in [4.78, 5) is 31.3. The highest BCUT2D eigenvalue weighted by atomic mass is 16.2. The number of amides is 1. The first-order chi connectivity index (χ1) is 14.2. The predicted octanol–water partition coefficient (Wildman–Crippen LogP) is 4.20. The summed E-state index contributed by atoms with van der Waals surface area (Å²) >= 11 is 0. The molecule has 0 bridgehead atoms. The highest BCUT2D eigenvalue weighted by Gasteiger charge is 2.41. The van der Waals surface area contributed by atoms with E-state index in [2.05, 4.69) is 33.9 Å². The summed E-state index contributed by atoms with van der Waals surface area (Å²) in [7, 11) is 1.83. The van der Waals surface area contributed by atoms with Gasteiger partial charge in [0.05, 0.1) is 11.7 Å². The van der Waals surface area contributed by atoms with Gasteiger partial charge in [0, 0.05) is 30.2 Å². The third-order valence-corrected chi connectivity index (χ3v) is 6.29. The fourth-order valence-corrected chi connectivity index (χ4v) is 4.80. The van der Waals surface area contributed by atoms with Crippen LogP contribution in [0.2, 0.25) is 0 Å². The van der Waals surface area contributed by atoms with Gasteiger partial charge in [-0.1, -0.05) is 38.0 Å². The minimum atomic E-state index is -0.163. The van der Waals surface area contributed by atoms with Crippen molar-refractivity contribution in [2.75, 3.05) is 16.8 Å². The minimum absolute atomic E-state index is 0.134. The molecule has 0 spiro atoms. The van der Waals surface area contributed by atoms with Crippen molar-refractivity contribution in [1.82, 2.24) is 15.0 Å². The summed E-state index contributed by atoms with van der Waals surface area (Å²) in [5.74, 6) is 1.67. The van der Waals surface area contributed by atoms with Crippen molar-refractivity contribution in [3.05, 3.63) is 42.7 Å². The Hall–Kier alpha value is -3.02. The van der Waals surface area contributed by atoms with Crippen LogP contribution in [0.1, 0.15) is 39.0 Å². The number of carbonyl (C=O) groups excluding carboxylic acids is 1. The summed E-state index contributed by atoms with van der Waals surface area (Å²) in [6, 6.07) is 10.3. The van der Waals surface area contributed by atoms with E-state index in [1.165, 1.54) is 12.8 Å². The highest BCUT2D eigenvalue weighted by Crippen LogP contribution is 2.40. The maximum absolute atomic E-state index is 13.0. The number of fused-ring (bicyclic) bond motifs is 2. The fourth-order valence-electron chi connectivity index (χ4n) is 4.80. The van der Waals surface area contributed by atoms with E-state index in [0.29, 0.717) is 11.9 Å². The van der Waals surface area contributed by atoms with E-state index in [1.54, 1.807) is 17.3 Å². The summed E-state index contributed by atoms with van der Waals surface area (Å²) in [5.41, 5.74) is 2.61. The fraction of sp³-hybridized carbons (Fsp3) is 0.391. The molecule has 5 rings (SSSR count). The van der Waals surface area contributed by atoms with Crippen LogP contribution in [0, 0.1) is 0 Å². The lowest BCUT2D eigenvalue weighted by atomic mass is 10.0. The van der Waals surface area contributed by atoms with Crippen LogP contribution in [0.15, 0.2) is 42.7 Å². The van der Waals surface area contributed by atoms with E-state index >= 15 is 0 Å². The van der Waals surface area contributed by atoms with Crippen LogP contribution in [0.3, 0.4) is 0 Å². The normalized spacial score (nSPS) is 19.8. The number of hydrogen-bond donors (Lipinski definition) is 0. The average Bonchev–Trinajstić information content (AvgIpc) is 3.29. The van der Waals surface area contributed by atoms with E-state index in [0.717, 1.165) is 47.2 Å². The van der Waals surface area contributed by atoms with Crippen LogP contribution in [-0.2, 0) is 4.79 Å². The molecule has 29 heavy (non-hydrogen) atoms. The van der Waals surface area contributed by atoms with Gasteiger partial charge < -0.3 is 9.80 Å². The average molecular weight is 387 g/mol. The molecular formula is C23H25N5O. The molecule has 148 valence electrons. The second kappa shape index (κ2) is 7.10. The number of nitrogens with zero attached hydrogens (tertiary/aromatic N) is 5. The molecule has 2 aliphatic rings. The smallest absolute Gasteiger partial charge is 0.249 e. The van der Waals surface area contributed by atoms with Gasteiger partial charge in [0.2, 0.25) is 5.91 Å². The van der Waals surface area contributed by atoms with Gasteiger partial charge in [-0.3, -0.25) is 9.78 Å². The Morgan fingerprint density at radius 3 is 2.69 bits per heavy atom. The molecule has 0 N–H and O–H groups in total. The third kappa shape index (κ3) is 2.85. The van der Waals surface area contributed by atoms with Gasteiger partial charge in [0.15, 0.2) is 11.6 Å². The Morgan fingerprint density at radius 1 is 1.10 bits per heavy atom. The number of likely N-dealkylation sites (N-methyl/N-ethyl adjacent to an activating group) is 1. The first-order valence-corrected chi connectivity index (χ1v) is 10.5. The van der Waals surface area contributed by atoms with E-state index in [4.69, 9.17) is 4.98 Å². The van der Waals surface area contributed by atoms with Crippen LogP contribution in [0.5, 0.6) is 0 Å². The van der Waals surface area contributed by atoms with Crippen molar-refractivity contribution in [3.8, 4) is 11.4 Å². The zero-order chi connectivity index (χ0) is 20.0. The Kier molecular flexibility index (Phi) is 4.42. The van der Waals surface area contributed by atoms with Crippen LogP contribution >= 0.6 is 0 Å². The Labute approximate surface area is 170 Å². The Morgan fingerprint density at radius 2 is 1.90 bits per heavy atom. The number of hydrogen-bond acceptors (Lipinski definition) is 5. The minimum Gasteiger partial charge on any atom is -0.340 e. The summed E-state index contributed by atoms with van der Waals surface area (Å²) in [6.07, 6.45) is 9.02. The third-order valence-electron chi connectivity index (χ3n) is 6.29. The molecular weight excluding hydrogens is 362 g/mol. The number of para-hydroxylation sites is 1. The molecule has 2 aromatic heterocycles. The molecule has 3 aromatic rings. The van der Waals surface area contributed by atoms with Gasteiger partial charge in [-0.25, -0.2) is 9.97 Å². The SMILES string of the molecule is CC[C@@H]1C(=O)N(C)c2cnc(-c3cccc4cccnc34)nc2N1C1CCCC1. The number of rotatable bonds is 3. The lowest BCUT2D eigenvalue weighted by molar-refractivity contribution is -0.120. The maximum Gasteiger partial charge on any atom is 0.249 e. The molecule has 1 aromatic carbocycles. The maximum atomic E-state index is 13.0. The molecule has 1 amide bonds. The topological polar surface area (TPSA) is 62.2 Å². The Bertz CT molecular complexity index is 1070. The van der Waals surface area contributed by atoms with Crippen LogP contribution in [0.4, 0.5) is 11.5 Å². The zero-order valence-corrected chi connectivity index (χ0v) is 16.9. The molecule has 3 heterocycles. The van der Waals surface area contributed by atoms with E-state index < -0.39 is 0 Å². The molecule has 0 unspecified atom stereocenters. The lowest BCUT2D eigenvalue weighted by Gasteiger charge is -2.43. The van der Waals surface area contributed by atoms with Crippen molar-refractivity contribution >= 4 is 28.3 Å². The van der Waals surface area contributed by atoms with Gasteiger partial charge in [-0.05, 0) is 31.4 Å². The number of aromatic nitrogens is 3. The highest BCUT2D eigenvalue weighted by molar-refractivity contribution is 6.04. The number of pyridine rings is 1. The first kappa shape index (κ1) is 18.0. The van der Waals surface area contributed by atoms with Crippen LogP contribution in [0.25, 0.3) is 22.3 Å². The molecule has 1 aliphatic carbocycles. The van der Waals surface area contributed by atoms with Crippen LogP contribution in [-0.4, -0.2) is 40.0 Å². The summed E-state index contributed by atoms with van der Waals surface area (Å²) in [5, 5.41) is 1.07. The van der Waals surface area contributed by atoms with Gasteiger partial charge in [0.25, 0.3) is 0 Å². The first-order valence-electron chi connectivity index (χ1n) is 10.5. The quantitative estimate of drug-likeness (QED) is 0.674. The number of anilines is 2. The standard InChI is InChI=1S/C23H25N5O/c1-3-18-23(29)27(2)19-14-25-21(26-22(19)28(18)16-10-4-5-11-16)17-12-6-8-15-9-7-13-24-20(15)17/h6-9,12-14,16,18H,3-5,10-11H2,1-2H3/t18-/m1/s1.